The minimum absolute atomic E-state index is 0.269. The van der Waals surface area contributed by atoms with E-state index >= 15 is 0 Å². The minimum atomic E-state index is -0.938. The lowest BCUT2D eigenvalue weighted by molar-refractivity contribution is 0.0702. The van der Waals surface area contributed by atoms with Gasteiger partial charge in [-0.1, -0.05) is 0 Å². The van der Waals surface area contributed by atoms with E-state index in [2.05, 4.69) is 21.0 Å². The van der Waals surface area contributed by atoms with Gasteiger partial charge in [0.05, 0.1) is 15.9 Å². The monoisotopic (exact) mass is 330 g/mol. The van der Waals surface area contributed by atoms with Gasteiger partial charge in [0.2, 0.25) is 0 Å². The van der Waals surface area contributed by atoms with Crippen LogP contribution >= 0.6 is 27.3 Å². The Morgan fingerprint density at radius 1 is 1.67 bits per heavy atom. The van der Waals surface area contributed by atoms with Gasteiger partial charge < -0.3 is 9.84 Å². The number of halogens is 1. The summed E-state index contributed by atoms with van der Waals surface area (Å²) in [6.07, 6.45) is 0. The molecule has 0 aliphatic rings. The number of aryl methyl sites for hydroxylation is 2. The second kappa shape index (κ2) is 5.11. The summed E-state index contributed by atoms with van der Waals surface area (Å²) in [5.74, 6) is -0.379. The molecule has 0 aromatic carbocycles. The molecule has 5 nitrogen and oxygen atoms in total. The SMILES string of the molecule is Cc1nn(C)c(COc2csc(C(=O)O)c2)c1Br. The highest BCUT2D eigenvalue weighted by Gasteiger charge is 2.12. The summed E-state index contributed by atoms with van der Waals surface area (Å²) >= 11 is 4.60. The fraction of sp³-hybridized carbons (Fsp3) is 0.273. The lowest BCUT2D eigenvalue weighted by atomic mass is 10.4. The van der Waals surface area contributed by atoms with E-state index in [1.807, 2.05) is 14.0 Å². The van der Waals surface area contributed by atoms with Gasteiger partial charge in [0.25, 0.3) is 0 Å². The van der Waals surface area contributed by atoms with Crippen LogP contribution < -0.4 is 4.74 Å². The summed E-state index contributed by atoms with van der Waals surface area (Å²) in [5.41, 5.74) is 1.81. The Morgan fingerprint density at radius 2 is 2.39 bits per heavy atom. The van der Waals surface area contributed by atoms with Crippen LogP contribution in [-0.2, 0) is 13.7 Å². The van der Waals surface area contributed by atoms with Crippen LogP contribution in [-0.4, -0.2) is 20.9 Å². The Labute approximate surface area is 116 Å². The molecule has 0 amide bonds. The lowest BCUT2D eigenvalue weighted by Gasteiger charge is -2.04. The second-order valence-electron chi connectivity index (χ2n) is 3.71. The van der Waals surface area contributed by atoms with E-state index in [-0.39, 0.29) is 4.88 Å². The molecule has 0 aliphatic carbocycles. The van der Waals surface area contributed by atoms with Crippen LogP contribution in [0.15, 0.2) is 15.9 Å². The highest BCUT2D eigenvalue weighted by Crippen LogP contribution is 2.25. The molecule has 0 aliphatic heterocycles. The molecule has 0 radical (unpaired) electrons. The van der Waals surface area contributed by atoms with Crippen LogP contribution in [0.5, 0.6) is 5.75 Å². The van der Waals surface area contributed by atoms with Crippen LogP contribution in [0.1, 0.15) is 21.1 Å². The van der Waals surface area contributed by atoms with Crippen molar-refractivity contribution >= 4 is 33.2 Å². The van der Waals surface area contributed by atoms with Crippen molar-refractivity contribution in [1.82, 2.24) is 9.78 Å². The van der Waals surface area contributed by atoms with Gasteiger partial charge in [0.15, 0.2) is 0 Å². The van der Waals surface area contributed by atoms with Gasteiger partial charge in [0.1, 0.15) is 17.2 Å². The van der Waals surface area contributed by atoms with E-state index in [1.165, 1.54) is 6.07 Å². The molecule has 0 saturated carbocycles. The third-order valence-electron chi connectivity index (χ3n) is 2.42. The van der Waals surface area contributed by atoms with Gasteiger partial charge >= 0.3 is 5.97 Å². The molecular weight excluding hydrogens is 320 g/mol. The predicted octanol–water partition coefficient (Wildman–Crippen LogP) is 2.83. The highest BCUT2D eigenvalue weighted by molar-refractivity contribution is 9.10. The lowest BCUT2D eigenvalue weighted by Crippen LogP contribution is -2.03. The smallest absolute Gasteiger partial charge is 0.346 e. The molecule has 0 unspecified atom stereocenters. The van der Waals surface area contributed by atoms with Gasteiger partial charge in [-0.2, -0.15) is 5.10 Å². The number of thiophene rings is 1. The zero-order chi connectivity index (χ0) is 13.3. The van der Waals surface area contributed by atoms with E-state index in [0.29, 0.717) is 12.4 Å². The third-order valence-corrected chi connectivity index (χ3v) is 4.35. The number of hydrogen-bond donors (Lipinski definition) is 1. The first-order chi connectivity index (χ1) is 8.49. The molecule has 7 heteroatoms. The summed E-state index contributed by atoms with van der Waals surface area (Å²) in [5, 5.41) is 14.7. The topological polar surface area (TPSA) is 64.4 Å². The maximum Gasteiger partial charge on any atom is 0.346 e. The van der Waals surface area contributed by atoms with Crippen LogP contribution in [0.4, 0.5) is 0 Å². The number of aromatic carboxylic acids is 1. The summed E-state index contributed by atoms with van der Waals surface area (Å²) in [7, 11) is 1.84. The Bertz CT molecular complexity index is 591. The first-order valence-corrected chi connectivity index (χ1v) is 6.79. The molecule has 2 heterocycles. The number of ether oxygens (including phenoxy) is 1. The maximum absolute atomic E-state index is 10.7. The Morgan fingerprint density at radius 3 is 2.89 bits per heavy atom. The molecule has 0 spiro atoms. The van der Waals surface area contributed by atoms with Crippen LogP contribution in [0.2, 0.25) is 0 Å². The van der Waals surface area contributed by atoms with E-state index in [0.717, 1.165) is 27.2 Å². The van der Waals surface area contributed by atoms with Crippen molar-refractivity contribution in [2.75, 3.05) is 0 Å². The van der Waals surface area contributed by atoms with Crippen molar-refractivity contribution in [3.8, 4) is 5.75 Å². The molecule has 18 heavy (non-hydrogen) atoms. The molecule has 96 valence electrons. The summed E-state index contributed by atoms with van der Waals surface area (Å²) in [6, 6.07) is 1.52. The predicted molar refractivity (Wildman–Crippen MR) is 71.3 cm³/mol. The standard InChI is InChI=1S/C11H11BrN2O3S/c1-6-10(12)8(14(2)13-6)4-17-7-3-9(11(15)16)18-5-7/h3,5H,4H2,1-2H3,(H,15,16). The van der Waals surface area contributed by atoms with Crippen molar-refractivity contribution in [2.45, 2.75) is 13.5 Å². The number of rotatable bonds is 4. The van der Waals surface area contributed by atoms with E-state index in [4.69, 9.17) is 9.84 Å². The molecule has 2 aromatic rings. The molecular formula is C11H11BrN2O3S. The zero-order valence-electron chi connectivity index (χ0n) is 9.81. The molecule has 2 rings (SSSR count). The Kier molecular flexibility index (Phi) is 3.72. The number of nitrogens with zero attached hydrogens (tertiary/aromatic N) is 2. The van der Waals surface area contributed by atoms with Gasteiger partial charge in [-0.3, -0.25) is 4.68 Å². The van der Waals surface area contributed by atoms with Crippen LogP contribution in [0.3, 0.4) is 0 Å². The fourth-order valence-electron chi connectivity index (χ4n) is 1.50. The normalized spacial score (nSPS) is 10.6. The van der Waals surface area contributed by atoms with Crippen molar-refractivity contribution in [3.63, 3.8) is 0 Å². The average Bonchev–Trinajstić information content (AvgIpc) is 2.85. The van der Waals surface area contributed by atoms with E-state index in [9.17, 15) is 4.79 Å². The second-order valence-corrected chi connectivity index (χ2v) is 5.41. The average molecular weight is 331 g/mol. The number of carbonyl (C=O) groups is 1. The largest absolute Gasteiger partial charge is 0.486 e. The van der Waals surface area contributed by atoms with E-state index in [1.54, 1.807) is 10.1 Å². The van der Waals surface area contributed by atoms with Gasteiger partial charge in [-0.25, -0.2) is 4.79 Å². The number of hydrogen-bond acceptors (Lipinski definition) is 4. The Balaban J connectivity index is 2.09. The van der Waals surface area contributed by atoms with E-state index < -0.39 is 5.97 Å². The van der Waals surface area contributed by atoms with Gasteiger partial charge in [-0.05, 0) is 22.9 Å². The summed E-state index contributed by atoms with van der Waals surface area (Å²) in [6.45, 7) is 2.24. The van der Waals surface area contributed by atoms with Crippen molar-refractivity contribution in [3.05, 3.63) is 32.2 Å². The summed E-state index contributed by atoms with van der Waals surface area (Å²) in [4.78, 5) is 11.0. The molecule has 0 fully saturated rings. The van der Waals surface area contributed by atoms with Crippen LogP contribution in [0, 0.1) is 6.92 Å². The molecule has 2 aromatic heterocycles. The molecule has 0 atom stereocenters. The number of aromatic nitrogens is 2. The molecule has 1 N–H and O–H groups in total. The summed E-state index contributed by atoms with van der Waals surface area (Å²) < 4.78 is 8.21. The highest BCUT2D eigenvalue weighted by atomic mass is 79.9. The van der Waals surface area contributed by atoms with Crippen molar-refractivity contribution in [2.24, 2.45) is 7.05 Å². The number of carboxylic acids is 1. The minimum Gasteiger partial charge on any atom is -0.486 e. The van der Waals surface area contributed by atoms with Gasteiger partial charge in [-0.15, -0.1) is 11.3 Å². The zero-order valence-corrected chi connectivity index (χ0v) is 12.2. The molecule has 0 bridgehead atoms. The first-order valence-electron chi connectivity index (χ1n) is 5.11. The van der Waals surface area contributed by atoms with Crippen molar-refractivity contribution in [1.29, 1.82) is 0 Å². The Hall–Kier alpha value is -1.34. The molecule has 0 saturated heterocycles. The fourth-order valence-corrected chi connectivity index (χ4v) is 2.61. The maximum atomic E-state index is 10.7. The van der Waals surface area contributed by atoms with Crippen LogP contribution in [0.25, 0.3) is 0 Å². The third kappa shape index (κ3) is 2.56. The quantitative estimate of drug-likeness (QED) is 0.936. The van der Waals surface area contributed by atoms with Crippen molar-refractivity contribution < 1.29 is 14.6 Å². The number of carboxylic acid groups (broad SMARTS) is 1. The van der Waals surface area contributed by atoms with Gasteiger partial charge in [0, 0.05) is 18.5 Å². The first kappa shape index (κ1) is 13.1.